The van der Waals surface area contributed by atoms with Crippen molar-refractivity contribution in [2.24, 2.45) is 5.92 Å². The quantitative estimate of drug-likeness (QED) is 0.818. The van der Waals surface area contributed by atoms with E-state index in [1.165, 1.54) is 6.20 Å². The number of rotatable bonds is 3. The summed E-state index contributed by atoms with van der Waals surface area (Å²) in [5.74, 6) is -0.473. The molecule has 1 aliphatic rings. The van der Waals surface area contributed by atoms with Crippen molar-refractivity contribution in [1.82, 2.24) is 20.4 Å². The third kappa shape index (κ3) is 2.54. The van der Waals surface area contributed by atoms with Crippen LogP contribution in [0.1, 0.15) is 23.3 Å². The van der Waals surface area contributed by atoms with E-state index in [1.54, 1.807) is 10.9 Å². The lowest BCUT2D eigenvalue weighted by Crippen LogP contribution is -2.43. The van der Waals surface area contributed by atoms with E-state index in [0.717, 1.165) is 18.5 Å². The number of carbonyl (C=O) groups is 2. The predicted molar refractivity (Wildman–Crippen MR) is 71.9 cm³/mol. The number of imidazole rings is 1. The van der Waals surface area contributed by atoms with Crippen molar-refractivity contribution in [3.63, 3.8) is 0 Å². The highest BCUT2D eigenvalue weighted by molar-refractivity contribution is 5.94. The van der Waals surface area contributed by atoms with Crippen LogP contribution in [0, 0.1) is 5.92 Å². The summed E-state index contributed by atoms with van der Waals surface area (Å²) >= 11 is 0. The molecule has 1 fully saturated rings. The first-order valence-electron chi connectivity index (χ1n) is 6.43. The summed E-state index contributed by atoms with van der Waals surface area (Å²) in [6, 6.07) is 9.41. The first-order valence-corrected chi connectivity index (χ1v) is 6.43. The monoisotopic (exact) mass is 270 g/mol. The second kappa shape index (κ2) is 5.16. The van der Waals surface area contributed by atoms with Crippen LogP contribution in [0.25, 0.3) is 5.69 Å². The van der Waals surface area contributed by atoms with Gasteiger partial charge < -0.3 is 0 Å². The molecule has 102 valence electrons. The summed E-state index contributed by atoms with van der Waals surface area (Å²) in [7, 11) is 0. The van der Waals surface area contributed by atoms with Crippen LogP contribution in [0.4, 0.5) is 0 Å². The predicted octanol–water partition coefficient (Wildman–Crippen LogP) is 1.04. The number of aromatic nitrogens is 2. The Morgan fingerprint density at radius 3 is 2.60 bits per heavy atom. The maximum atomic E-state index is 12.1. The van der Waals surface area contributed by atoms with Gasteiger partial charge in [-0.2, -0.15) is 0 Å². The number of nitrogens with zero attached hydrogens (tertiary/aromatic N) is 2. The zero-order valence-corrected chi connectivity index (χ0v) is 10.7. The molecule has 2 N–H and O–H groups in total. The number of hydrogen-bond acceptors (Lipinski definition) is 3. The Labute approximate surface area is 115 Å². The van der Waals surface area contributed by atoms with E-state index in [4.69, 9.17) is 0 Å². The van der Waals surface area contributed by atoms with E-state index in [9.17, 15) is 9.59 Å². The molecule has 6 heteroatoms. The highest BCUT2D eigenvalue weighted by Crippen LogP contribution is 2.28. The summed E-state index contributed by atoms with van der Waals surface area (Å²) in [5, 5.41) is 0. The van der Waals surface area contributed by atoms with E-state index in [1.807, 2.05) is 30.3 Å². The number of amides is 2. The van der Waals surface area contributed by atoms with Crippen molar-refractivity contribution in [2.45, 2.75) is 12.8 Å². The van der Waals surface area contributed by atoms with Gasteiger partial charge in [-0.3, -0.25) is 25.0 Å². The van der Waals surface area contributed by atoms with Gasteiger partial charge in [0.2, 0.25) is 5.91 Å². The van der Waals surface area contributed by atoms with Gasteiger partial charge in [0, 0.05) is 11.6 Å². The molecule has 0 bridgehead atoms. The summed E-state index contributed by atoms with van der Waals surface area (Å²) in [6.07, 6.45) is 4.81. The van der Waals surface area contributed by atoms with Gasteiger partial charge >= 0.3 is 0 Å². The van der Waals surface area contributed by atoms with E-state index >= 15 is 0 Å². The summed E-state index contributed by atoms with van der Waals surface area (Å²) < 4.78 is 1.67. The Kier molecular flexibility index (Phi) is 3.20. The normalized spacial score (nSPS) is 13.8. The van der Waals surface area contributed by atoms with Crippen LogP contribution in [0.3, 0.4) is 0 Å². The van der Waals surface area contributed by atoms with Gasteiger partial charge in [-0.1, -0.05) is 18.2 Å². The van der Waals surface area contributed by atoms with Gasteiger partial charge in [-0.15, -0.1) is 0 Å². The minimum atomic E-state index is -0.389. The number of hydrogen-bond donors (Lipinski definition) is 2. The Morgan fingerprint density at radius 2 is 1.90 bits per heavy atom. The lowest BCUT2D eigenvalue weighted by Gasteiger charge is -2.09. The van der Waals surface area contributed by atoms with E-state index in [2.05, 4.69) is 15.8 Å². The molecule has 2 amide bonds. The molecule has 0 atom stereocenters. The third-order valence-electron chi connectivity index (χ3n) is 3.15. The first kappa shape index (κ1) is 12.4. The second-order valence-corrected chi connectivity index (χ2v) is 4.70. The first-order chi connectivity index (χ1) is 9.75. The zero-order valence-electron chi connectivity index (χ0n) is 10.7. The Balaban J connectivity index is 1.72. The Morgan fingerprint density at radius 1 is 1.15 bits per heavy atom. The largest absolute Gasteiger partial charge is 0.295 e. The molecule has 1 aromatic heterocycles. The van der Waals surface area contributed by atoms with Crippen LogP contribution >= 0.6 is 0 Å². The molecule has 3 rings (SSSR count). The number of nitrogens with one attached hydrogen (secondary N) is 2. The van der Waals surface area contributed by atoms with Crippen molar-refractivity contribution in [3.8, 4) is 5.69 Å². The molecule has 1 aliphatic carbocycles. The van der Waals surface area contributed by atoms with Gasteiger partial charge in [-0.05, 0) is 25.0 Å². The lowest BCUT2D eigenvalue weighted by molar-refractivity contribution is -0.123. The van der Waals surface area contributed by atoms with Gasteiger partial charge in [0.25, 0.3) is 5.91 Å². The van der Waals surface area contributed by atoms with Crippen molar-refractivity contribution in [3.05, 3.63) is 48.5 Å². The average Bonchev–Trinajstić information content (AvgIpc) is 3.22. The lowest BCUT2D eigenvalue weighted by atomic mass is 10.3. The van der Waals surface area contributed by atoms with Crippen LogP contribution in [0.15, 0.2) is 42.9 Å². The minimum Gasteiger partial charge on any atom is -0.295 e. The molecule has 1 heterocycles. The fraction of sp³-hybridized carbons (Fsp3) is 0.214. The highest BCUT2D eigenvalue weighted by Gasteiger charge is 2.30. The zero-order chi connectivity index (χ0) is 13.9. The molecule has 0 spiro atoms. The van der Waals surface area contributed by atoms with E-state index in [-0.39, 0.29) is 17.7 Å². The molecule has 6 nitrogen and oxygen atoms in total. The molecule has 1 aromatic carbocycles. The number of para-hydroxylation sites is 1. The molecule has 1 saturated carbocycles. The van der Waals surface area contributed by atoms with E-state index in [0.29, 0.717) is 5.69 Å². The highest BCUT2D eigenvalue weighted by atomic mass is 16.2. The van der Waals surface area contributed by atoms with Crippen LogP contribution in [-0.4, -0.2) is 21.4 Å². The van der Waals surface area contributed by atoms with Crippen LogP contribution in [0.2, 0.25) is 0 Å². The van der Waals surface area contributed by atoms with Gasteiger partial charge in [0.15, 0.2) is 0 Å². The molecular weight excluding hydrogens is 256 g/mol. The second-order valence-electron chi connectivity index (χ2n) is 4.70. The topological polar surface area (TPSA) is 76.0 Å². The molecular formula is C14H14N4O2. The van der Waals surface area contributed by atoms with Crippen molar-refractivity contribution in [2.75, 3.05) is 0 Å². The Hall–Kier alpha value is -2.63. The van der Waals surface area contributed by atoms with Crippen LogP contribution in [-0.2, 0) is 4.79 Å². The molecule has 2 aromatic rings. The van der Waals surface area contributed by atoms with Crippen LogP contribution < -0.4 is 10.9 Å². The number of benzene rings is 1. The maximum Gasteiger partial charge on any atom is 0.288 e. The summed E-state index contributed by atoms with van der Waals surface area (Å²) in [6.45, 7) is 0. The smallest absolute Gasteiger partial charge is 0.288 e. The van der Waals surface area contributed by atoms with Gasteiger partial charge in [-0.25, -0.2) is 4.98 Å². The summed E-state index contributed by atoms with van der Waals surface area (Å²) in [5.41, 5.74) is 6.05. The molecule has 0 unspecified atom stereocenters. The standard InChI is InChI=1S/C14H14N4O2/c19-13(10-6-7-10)16-17-14(20)12-8-15-9-18(12)11-4-2-1-3-5-11/h1-5,8-10H,6-7H2,(H,16,19)(H,17,20). The molecule has 20 heavy (non-hydrogen) atoms. The molecule has 0 aliphatic heterocycles. The number of carbonyl (C=O) groups excluding carboxylic acids is 2. The SMILES string of the molecule is O=C(NNC(=O)C1CC1)c1cncn1-c1ccccc1. The fourth-order valence-corrected chi connectivity index (χ4v) is 1.89. The van der Waals surface area contributed by atoms with E-state index < -0.39 is 0 Å². The van der Waals surface area contributed by atoms with Gasteiger partial charge in [0.05, 0.1) is 12.5 Å². The third-order valence-corrected chi connectivity index (χ3v) is 3.15. The fourth-order valence-electron chi connectivity index (χ4n) is 1.89. The Bertz CT molecular complexity index is 632. The average molecular weight is 270 g/mol. The maximum absolute atomic E-state index is 12.1. The van der Waals surface area contributed by atoms with Crippen molar-refractivity contribution < 1.29 is 9.59 Å². The van der Waals surface area contributed by atoms with Crippen molar-refractivity contribution in [1.29, 1.82) is 0 Å². The minimum absolute atomic E-state index is 0.0503. The number of hydrazine groups is 1. The van der Waals surface area contributed by atoms with Crippen molar-refractivity contribution >= 4 is 11.8 Å². The van der Waals surface area contributed by atoms with Gasteiger partial charge in [0.1, 0.15) is 5.69 Å². The molecule has 0 radical (unpaired) electrons. The van der Waals surface area contributed by atoms with Crippen LogP contribution in [0.5, 0.6) is 0 Å². The summed E-state index contributed by atoms with van der Waals surface area (Å²) in [4.78, 5) is 27.5. The molecule has 0 saturated heterocycles.